The molecule has 3 nitrogen and oxygen atoms in total. The fourth-order valence-corrected chi connectivity index (χ4v) is 6.92. The number of aryl methyl sites for hydroxylation is 1. The van der Waals surface area contributed by atoms with Gasteiger partial charge in [0.05, 0.1) is 17.1 Å². The van der Waals surface area contributed by atoms with E-state index in [1.807, 2.05) is 6.07 Å². The number of pyridine rings is 2. The third-order valence-electron chi connectivity index (χ3n) is 8.55. The first-order valence-electron chi connectivity index (χ1n) is 13.5. The standard InChI is InChI=1S/C35H28N2O/c1-23-22-36-20-8-6-14-31(36)33-24(17-19-29-27-12-4-5-15-32(27)38-35(29)33)16-18-28-25-10-2-3-11-26(25)30-13-7-9-21-37(30)34(23)28/h2-15,17,19-21,28,34H,1,16,18,22H2/q+2. The normalized spacial score (nSPS) is 18.3. The van der Waals surface area contributed by atoms with Crippen LogP contribution in [0.2, 0.25) is 0 Å². The van der Waals surface area contributed by atoms with Crippen molar-refractivity contribution in [3.8, 4) is 22.5 Å². The van der Waals surface area contributed by atoms with E-state index in [2.05, 4.69) is 113 Å². The monoisotopic (exact) mass is 492 g/mol. The van der Waals surface area contributed by atoms with Crippen molar-refractivity contribution in [1.29, 1.82) is 0 Å². The van der Waals surface area contributed by atoms with E-state index in [4.69, 9.17) is 11.0 Å². The van der Waals surface area contributed by atoms with Crippen LogP contribution in [0, 0.1) is 0 Å². The number of furan rings is 1. The molecule has 2 aliphatic rings. The molecule has 5 heterocycles. The zero-order valence-corrected chi connectivity index (χ0v) is 21.2. The topological polar surface area (TPSA) is 20.9 Å². The molecule has 3 aromatic heterocycles. The summed E-state index contributed by atoms with van der Waals surface area (Å²) >= 11 is 0. The van der Waals surface area contributed by atoms with E-state index in [-0.39, 0.29) is 6.04 Å². The van der Waals surface area contributed by atoms with Gasteiger partial charge in [-0.2, -0.15) is 9.13 Å². The summed E-state index contributed by atoms with van der Waals surface area (Å²) in [7, 11) is 0. The molecule has 2 aliphatic heterocycles. The van der Waals surface area contributed by atoms with E-state index in [0.29, 0.717) is 5.92 Å². The van der Waals surface area contributed by atoms with Gasteiger partial charge in [-0.05, 0) is 48.2 Å². The van der Waals surface area contributed by atoms with Crippen LogP contribution >= 0.6 is 0 Å². The second kappa shape index (κ2) is 8.26. The molecule has 0 amide bonds. The Kier molecular flexibility index (Phi) is 4.69. The van der Waals surface area contributed by atoms with E-state index < -0.39 is 0 Å². The van der Waals surface area contributed by atoms with Crippen molar-refractivity contribution >= 4 is 21.9 Å². The zero-order valence-electron chi connectivity index (χ0n) is 21.2. The first-order valence-corrected chi connectivity index (χ1v) is 13.5. The molecule has 0 bridgehead atoms. The van der Waals surface area contributed by atoms with Crippen LogP contribution < -0.4 is 9.13 Å². The maximum absolute atomic E-state index is 6.57. The molecule has 3 aromatic carbocycles. The van der Waals surface area contributed by atoms with Gasteiger partial charge in [-0.25, -0.2) is 0 Å². The molecule has 0 radical (unpaired) electrons. The summed E-state index contributed by atoms with van der Waals surface area (Å²) in [4.78, 5) is 0. The summed E-state index contributed by atoms with van der Waals surface area (Å²) in [5.74, 6) is 0.337. The maximum atomic E-state index is 6.57. The minimum absolute atomic E-state index is 0.193. The molecule has 8 rings (SSSR count). The lowest BCUT2D eigenvalue weighted by Gasteiger charge is -2.31. The van der Waals surface area contributed by atoms with Gasteiger partial charge in [-0.15, -0.1) is 0 Å². The van der Waals surface area contributed by atoms with Gasteiger partial charge in [0.1, 0.15) is 11.2 Å². The van der Waals surface area contributed by atoms with Crippen LogP contribution in [0.3, 0.4) is 0 Å². The maximum Gasteiger partial charge on any atom is 0.216 e. The molecule has 2 unspecified atom stereocenters. The molecular weight excluding hydrogens is 464 g/mol. The lowest BCUT2D eigenvalue weighted by molar-refractivity contribution is -0.723. The SMILES string of the molecule is C=C1C[n+]2ccccc2-c2c(ccc3c2oc2ccccc23)CCC2c3ccccc3-c3cccc[n+]3C12. The number of aromatic nitrogens is 2. The van der Waals surface area contributed by atoms with Crippen LogP contribution in [0.5, 0.6) is 0 Å². The zero-order chi connectivity index (χ0) is 25.2. The fraction of sp³-hybridized carbons (Fsp3) is 0.143. The molecule has 6 aromatic rings. The van der Waals surface area contributed by atoms with Crippen molar-refractivity contribution in [3.63, 3.8) is 0 Å². The lowest BCUT2D eigenvalue weighted by atomic mass is 9.76. The summed E-state index contributed by atoms with van der Waals surface area (Å²) in [6.45, 7) is 5.48. The first-order chi connectivity index (χ1) is 18.8. The van der Waals surface area contributed by atoms with E-state index in [9.17, 15) is 0 Å². The van der Waals surface area contributed by atoms with Crippen LogP contribution in [0.1, 0.15) is 29.5 Å². The molecule has 0 fully saturated rings. The first kappa shape index (κ1) is 21.6. The Morgan fingerprint density at radius 2 is 1.53 bits per heavy atom. The predicted molar refractivity (Wildman–Crippen MR) is 151 cm³/mol. The van der Waals surface area contributed by atoms with Crippen LogP contribution in [0.15, 0.2) is 126 Å². The van der Waals surface area contributed by atoms with Gasteiger partial charge >= 0.3 is 0 Å². The van der Waals surface area contributed by atoms with Crippen molar-refractivity contribution in [1.82, 2.24) is 0 Å². The third-order valence-corrected chi connectivity index (χ3v) is 8.55. The van der Waals surface area contributed by atoms with Crippen molar-refractivity contribution in [2.24, 2.45) is 0 Å². The van der Waals surface area contributed by atoms with Gasteiger partial charge in [-0.1, -0.05) is 55.1 Å². The van der Waals surface area contributed by atoms with Crippen molar-refractivity contribution in [2.75, 3.05) is 0 Å². The van der Waals surface area contributed by atoms with Crippen molar-refractivity contribution < 1.29 is 13.6 Å². The van der Waals surface area contributed by atoms with Gasteiger partial charge in [0.2, 0.25) is 11.4 Å². The quantitative estimate of drug-likeness (QED) is 0.161. The highest BCUT2D eigenvalue weighted by Gasteiger charge is 2.43. The predicted octanol–water partition coefficient (Wildman–Crippen LogP) is 7.34. The Balaban J connectivity index is 1.38. The Labute approximate surface area is 221 Å². The third kappa shape index (κ3) is 3.08. The summed E-state index contributed by atoms with van der Waals surface area (Å²) in [6, 6.07) is 35.1. The molecule has 0 saturated heterocycles. The van der Waals surface area contributed by atoms with Crippen LogP contribution in [-0.2, 0) is 13.0 Å². The number of rotatable bonds is 0. The van der Waals surface area contributed by atoms with Crippen LogP contribution in [0.25, 0.3) is 44.5 Å². The van der Waals surface area contributed by atoms with Gasteiger partial charge in [0, 0.05) is 40.6 Å². The minimum Gasteiger partial charge on any atom is -0.455 e. The smallest absolute Gasteiger partial charge is 0.216 e. The number of benzene rings is 3. The van der Waals surface area contributed by atoms with E-state index in [1.165, 1.54) is 50.0 Å². The average Bonchev–Trinajstić information content (AvgIpc) is 3.34. The Bertz CT molecular complexity index is 1900. The Morgan fingerprint density at radius 3 is 2.47 bits per heavy atom. The molecule has 0 spiro atoms. The minimum atomic E-state index is 0.193. The number of fused-ring (bicyclic) bond motifs is 13. The van der Waals surface area contributed by atoms with E-state index >= 15 is 0 Å². The van der Waals surface area contributed by atoms with Crippen LogP contribution in [-0.4, -0.2) is 0 Å². The second-order valence-corrected chi connectivity index (χ2v) is 10.6. The van der Waals surface area contributed by atoms with Crippen molar-refractivity contribution in [3.05, 3.63) is 133 Å². The molecule has 38 heavy (non-hydrogen) atoms. The lowest BCUT2D eigenvalue weighted by Crippen LogP contribution is -2.51. The van der Waals surface area contributed by atoms with Gasteiger partial charge < -0.3 is 4.42 Å². The number of nitrogens with zero attached hydrogens (tertiary/aromatic N) is 2. The highest BCUT2D eigenvalue weighted by Crippen LogP contribution is 2.45. The van der Waals surface area contributed by atoms with E-state index in [0.717, 1.165) is 30.6 Å². The van der Waals surface area contributed by atoms with Gasteiger partial charge in [0.15, 0.2) is 25.0 Å². The molecular formula is C35H28N2O+2. The molecule has 182 valence electrons. The van der Waals surface area contributed by atoms with E-state index in [1.54, 1.807) is 0 Å². The van der Waals surface area contributed by atoms with Crippen molar-refractivity contribution in [2.45, 2.75) is 31.3 Å². The molecule has 0 aliphatic carbocycles. The molecule has 2 atom stereocenters. The number of hydrogen-bond acceptors (Lipinski definition) is 1. The molecule has 0 saturated carbocycles. The summed E-state index contributed by atoms with van der Waals surface area (Å²) < 4.78 is 11.4. The highest BCUT2D eigenvalue weighted by atomic mass is 16.3. The number of hydrogen-bond donors (Lipinski definition) is 0. The van der Waals surface area contributed by atoms with Gasteiger partial charge in [-0.3, -0.25) is 0 Å². The number of para-hydroxylation sites is 1. The second-order valence-electron chi connectivity index (χ2n) is 10.6. The van der Waals surface area contributed by atoms with Gasteiger partial charge in [0.25, 0.3) is 0 Å². The molecule has 3 heteroatoms. The number of allylic oxidation sites excluding steroid dienone is 1. The Hall–Kier alpha value is -4.50. The Morgan fingerprint density at radius 1 is 0.737 bits per heavy atom. The fourth-order valence-electron chi connectivity index (χ4n) is 6.92. The average molecular weight is 493 g/mol. The summed E-state index contributed by atoms with van der Waals surface area (Å²) in [5.41, 5.74) is 10.9. The summed E-state index contributed by atoms with van der Waals surface area (Å²) in [6.07, 6.45) is 6.43. The largest absolute Gasteiger partial charge is 0.455 e. The van der Waals surface area contributed by atoms with Crippen LogP contribution in [0.4, 0.5) is 0 Å². The summed E-state index contributed by atoms with van der Waals surface area (Å²) in [5, 5.41) is 2.35. The highest BCUT2D eigenvalue weighted by molar-refractivity contribution is 6.09. The molecule has 0 N–H and O–H groups in total.